The Morgan fingerprint density at radius 3 is 2.41 bits per heavy atom. The number of hydrogen-bond donors (Lipinski definition) is 1. The van der Waals surface area contributed by atoms with Gasteiger partial charge in [-0.1, -0.05) is 19.9 Å². The summed E-state index contributed by atoms with van der Waals surface area (Å²) in [6, 6.07) is 4.50. The molecule has 17 heavy (non-hydrogen) atoms. The molecule has 1 aromatic rings. The van der Waals surface area contributed by atoms with E-state index in [1.807, 2.05) is 6.92 Å². The topological polar surface area (TPSA) is 23.5 Å². The Hall–Kier alpha value is -1.09. The molecule has 2 rings (SSSR count). The van der Waals surface area contributed by atoms with Gasteiger partial charge in [-0.2, -0.15) is 0 Å². The first-order valence-corrected chi connectivity index (χ1v) is 6.21. The third-order valence-electron chi connectivity index (χ3n) is 4.00. The van der Waals surface area contributed by atoms with Crippen LogP contribution in [0.2, 0.25) is 0 Å². The maximum atomic E-state index is 13.8. The quantitative estimate of drug-likeness (QED) is 0.854. The molecule has 3 heteroatoms. The van der Waals surface area contributed by atoms with Crippen LogP contribution in [0.25, 0.3) is 0 Å². The summed E-state index contributed by atoms with van der Waals surface area (Å²) in [7, 11) is 0. The molecule has 0 radical (unpaired) electrons. The van der Waals surface area contributed by atoms with E-state index in [2.05, 4.69) is 18.7 Å². The highest BCUT2D eigenvalue weighted by molar-refractivity contribution is 5.29. The molecule has 3 atom stereocenters. The minimum absolute atomic E-state index is 0.0124. The summed E-state index contributed by atoms with van der Waals surface area (Å²) in [5, 5.41) is 9.22. The molecule has 1 heterocycles. The van der Waals surface area contributed by atoms with Gasteiger partial charge in [0.15, 0.2) is 0 Å². The average molecular weight is 237 g/mol. The molecule has 0 bridgehead atoms. The van der Waals surface area contributed by atoms with Crippen molar-refractivity contribution in [1.82, 2.24) is 4.90 Å². The van der Waals surface area contributed by atoms with Crippen molar-refractivity contribution < 1.29 is 9.50 Å². The van der Waals surface area contributed by atoms with Crippen LogP contribution in [-0.2, 0) is 0 Å². The molecule has 0 amide bonds. The molecule has 1 aromatic carbocycles. The van der Waals surface area contributed by atoms with E-state index < -0.39 is 0 Å². The second kappa shape index (κ2) is 4.65. The number of halogens is 1. The molecule has 1 saturated heterocycles. The van der Waals surface area contributed by atoms with Gasteiger partial charge in [0.25, 0.3) is 0 Å². The van der Waals surface area contributed by atoms with Crippen LogP contribution in [0.4, 0.5) is 4.39 Å². The Morgan fingerprint density at radius 1 is 1.29 bits per heavy atom. The molecule has 2 nitrogen and oxygen atoms in total. The van der Waals surface area contributed by atoms with Gasteiger partial charge in [-0.05, 0) is 24.8 Å². The maximum Gasteiger partial charge on any atom is 0.131 e. The number of benzene rings is 1. The summed E-state index contributed by atoms with van der Waals surface area (Å²) in [4.78, 5) is 2.31. The minimum atomic E-state index is -0.315. The third-order valence-corrected chi connectivity index (χ3v) is 4.00. The average Bonchev–Trinajstić information content (AvgIpc) is 2.58. The number of likely N-dealkylation sites (tertiary alicyclic amines) is 1. The SMILES string of the molecule is CC1CN(C(C)c2ccc(O)cc2F)CC1C. The van der Waals surface area contributed by atoms with Gasteiger partial charge in [0.2, 0.25) is 0 Å². The molecule has 94 valence electrons. The zero-order valence-electron chi connectivity index (χ0n) is 10.7. The first-order valence-electron chi connectivity index (χ1n) is 6.21. The highest BCUT2D eigenvalue weighted by Gasteiger charge is 2.30. The van der Waals surface area contributed by atoms with Crippen LogP contribution >= 0.6 is 0 Å². The van der Waals surface area contributed by atoms with Crippen molar-refractivity contribution in [3.05, 3.63) is 29.6 Å². The molecular weight excluding hydrogens is 217 g/mol. The van der Waals surface area contributed by atoms with Gasteiger partial charge in [-0.15, -0.1) is 0 Å². The van der Waals surface area contributed by atoms with Crippen molar-refractivity contribution in [1.29, 1.82) is 0 Å². The normalized spacial score (nSPS) is 27.3. The minimum Gasteiger partial charge on any atom is -0.508 e. The van der Waals surface area contributed by atoms with E-state index in [4.69, 9.17) is 0 Å². The Labute approximate surface area is 102 Å². The zero-order chi connectivity index (χ0) is 12.6. The van der Waals surface area contributed by atoms with E-state index in [1.165, 1.54) is 6.07 Å². The molecular formula is C14H20FNO. The van der Waals surface area contributed by atoms with Gasteiger partial charge in [0.05, 0.1) is 0 Å². The van der Waals surface area contributed by atoms with Gasteiger partial charge in [0.1, 0.15) is 11.6 Å². The van der Waals surface area contributed by atoms with Crippen LogP contribution in [0.5, 0.6) is 5.75 Å². The fraction of sp³-hybridized carbons (Fsp3) is 0.571. The van der Waals surface area contributed by atoms with Crippen molar-refractivity contribution in [3.63, 3.8) is 0 Å². The molecule has 1 N–H and O–H groups in total. The standard InChI is InChI=1S/C14H20FNO/c1-9-7-16(8-10(9)2)11(3)13-5-4-12(17)6-14(13)15/h4-6,9-11,17H,7-8H2,1-3H3. The summed E-state index contributed by atoms with van der Waals surface area (Å²) < 4.78 is 13.8. The largest absolute Gasteiger partial charge is 0.508 e. The number of aromatic hydroxyl groups is 1. The first kappa shape index (κ1) is 12.4. The molecule has 0 aromatic heterocycles. The lowest BCUT2D eigenvalue weighted by Gasteiger charge is -2.25. The number of hydrogen-bond acceptors (Lipinski definition) is 2. The molecule has 1 fully saturated rings. The number of phenolic OH excluding ortho intramolecular Hbond substituents is 1. The lowest BCUT2D eigenvalue weighted by Crippen LogP contribution is -2.25. The van der Waals surface area contributed by atoms with Crippen molar-refractivity contribution in [3.8, 4) is 5.75 Å². The van der Waals surface area contributed by atoms with Crippen molar-refractivity contribution >= 4 is 0 Å². The number of rotatable bonds is 2. The lowest BCUT2D eigenvalue weighted by atomic mass is 10.0. The van der Waals surface area contributed by atoms with E-state index in [1.54, 1.807) is 12.1 Å². The molecule has 0 spiro atoms. The van der Waals surface area contributed by atoms with E-state index in [0.717, 1.165) is 13.1 Å². The van der Waals surface area contributed by atoms with Crippen molar-refractivity contribution in [2.75, 3.05) is 13.1 Å². The van der Waals surface area contributed by atoms with Crippen molar-refractivity contribution in [2.45, 2.75) is 26.8 Å². The zero-order valence-corrected chi connectivity index (χ0v) is 10.7. The summed E-state index contributed by atoms with van der Waals surface area (Å²) in [6.45, 7) is 8.54. The molecule has 0 saturated carbocycles. The van der Waals surface area contributed by atoms with Gasteiger partial charge in [0, 0.05) is 30.8 Å². The van der Waals surface area contributed by atoms with Gasteiger partial charge < -0.3 is 5.11 Å². The van der Waals surface area contributed by atoms with E-state index in [0.29, 0.717) is 17.4 Å². The second-order valence-electron chi connectivity index (χ2n) is 5.29. The Bertz CT molecular complexity index is 397. The summed E-state index contributed by atoms with van der Waals surface area (Å²) in [6.07, 6.45) is 0. The molecule has 1 aliphatic rings. The molecule has 0 aliphatic carbocycles. The summed E-state index contributed by atoms with van der Waals surface area (Å²) in [5.74, 6) is 1.00. The van der Waals surface area contributed by atoms with E-state index in [-0.39, 0.29) is 17.6 Å². The molecule has 3 unspecified atom stereocenters. The fourth-order valence-electron chi connectivity index (χ4n) is 2.54. The van der Waals surface area contributed by atoms with Crippen LogP contribution in [0, 0.1) is 17.7 Å². The van der Waals surface area contributed by atoms with Crippen LogP contribution < -0.4 is 0 Å². The second-order valence-corrected chi connectivity index (χ2v) is 5.29. The van der Waals surface area contributed by atoms with Crippen LogP contribution in [0.15, 0.2) is 18.2 Å². The van der Waals surface area contributed by atoms with Gasteiger partial charge in [-0.3, -0.25) is 4.90 Å². The fourth-order valence-corrected chi connectivity index (χ4v) is 2.54. The van der Waals surface area contributed by atoms with Gasteiger partial charge >= 0.3 is 0 Å². The maximum absolute atomic E-state index is 13.8. The van der Waals surface area contributed by atoms with E-state index in [9.17, 15) is 9.50 Å². The third kappa shape index (κ3) is 2.44. The first-order chi connectivity index (χ1) is 7.99. The summed E-state index contributed by atoms with van der Waals surface area (Å²) in [5.41, 5.74) is 0.670. The van der Waals surface area contributed by atoms with Crippen molar-refractivity contribution in [2.24, 2.45) is 11.8 Å². The highest BCUT2D eigenvalue weighted by Crippen LogP contribution is 2.32. The highest BCUT2D eigenvalue weighted by atomic mass is 19.1. The molecule has 1 aliphatic heterocycles. The Morgan fingerprint density at radius 2 is 1.88 bits per heavy atom. The Balaban J connectivity index is 2.17. The summed E-state index contributed by atoms with van der Waals surface area (Å²) >= 11 is 0. The van der Waals surface area contributed by atoms with E-state index >= 15 is 0 Å². The monoisotopic (exact) mass is 237 g/mol. The number of phenols is 1. The van der Waals surface area contributed by atoms with Crippen LogP contribution in [0.3, 0.4) is 0 Å². The number of nitrogens with zero attached hydrogens (tertiary/aromatic N) is 1. The van der Waals surface area contributed by atoms with Crippen LogP contribution in [0.1, 0.15) is 32.4 Å². The van der Waals surface area contributed by atoms with Gasteiger partial charge in [-0.25, -0.2) is 4.39 Å². The van der Waals surface area contributed by atoms with Crippen LogP contribution in [-0.4, -0.2) is 23.1 Å². The Kier molecular flexibility index (Phi) is 3.38. The predicted molar refractivity (Wildman–Crippen MR) is 66.4 cm³/mol. The smallest absolute Gasteiger partial charge is 0.131 e. The predicted octanol–water partition coefficient (Wildman–Crippen LogP) is 3.18. The lowest BCUT2D eigenvalue weighted by molar-refractivity contribution is 0.246.